The van der Waals surface area contributed by atoms with Gasteiger partial charge in [0.05, 0.1) is 26.4 Å². The Balaban J connectivity index is 5.24. The molecule has 0 aromatic rings. The first-order chi connectivity index (χ1) is 48.3. The Bertz CT molecular complexity index is 1940. The van der Waals surface area contributed by atoms with E-state index in [0.717, 1.165) is 108 Å². The van der Waals surface area contributed by atoms with Crippen molar-refractivity contribution in [1.29, 1.82) is 0 Å². The largest absolute Gasteiger partial charge is 0.472 e. The third-order valence-electron chi connectivity index (χ3n) is 19.2. The molecular weight excluding hydrogens is 1310 g/mol. The van der Waals surface area contributed by atoms with Crippen LogP contribution < -0.4 is 0 Å². The summed E-state index contributed by atoms with van der Waals surface area (Å²) in [6, 6.07) is 0. The van der Waals surface area contributed by atoms with Crippen molar-refractivity contribution < 1.29 is 80.2 Å². The number of carbonyl (C=O) groups is 4. The Morgan fingerprint density at radius 2 is 0.510 bits per heavy atom. The highest BCUT2D eigenvalue weighted by atomic mass is 31.2. The van der Waals surface area contributed by atoms with Gasteiger partial charge < -0.3 is 33.8 Å². The number of ether oxygens (including phenoxy) is 4. The van der Waals surface area contributed by atoms with Gasteiger partial charge in [0.15, 0.2) is 12.2 Å². The molecule has 0 heterocycles. The van der Waals surface area contributed by atoms with Crippen molar-refractivity contribution in [3.05, 3.63) is 0 Å². The quantitative estimate of drug-likeness (QED) is 0.0222. The van der Waals surface area contributed by atoms with Crippen LogP contribution in [-0.2, 0) is 65.4 Å². The third-order valence-corrected chi connectivity index (χ3v) is 21.1. The molecule has 0 saturated carbocycles. The van der Waals surface area contributed by atoms with Gasteiger partial charge in [-0.05, 0) is 43.4 Å². The van der Waals surface area contributed by atoms with Gasteiger partial charge in [-0.1, -0.05) is 370 Å². The Kier molecular flexibility index (Phi) is 69.9. The van der Waals surface area contributed by atoms with Crippen molar-refractivity contribution in [2.75, 3.05) is 39.6 Å². The maximum atomic E-state index is 13.1. The average molecular weight is 1470 g/mol. The van der Waals surface area contributed by atoms with Gasteiger partial charge in [0.2, 0.25) is 0 Å². The van der Waals surface area contributed by atoms with Crippen LogP contribution in [-0.4, -0.2) is 96.7 Å². The SMILES string of the molecule is CCCCCCCCCCCCCCCCCCCCC(=O)OC[C@H](COP(=O)(O)OC[C@@H](O)COP(=O)(O)OC[C@@H](COC(=O)CCCCCCCCCCC(C)C)OC(=O)CCCCCCCCCCC(C)CC)OC(=O)CCCCCCCCCCCCCCCCCCC(C)C. The van der Waals surface area contributed by atoms with Gasteiger partial charge in [0.1, 0.15) is 19.3 Å². The molecule has 0 aliphatic rings. The maximum Gasteiger partial charge on any atom is 0.472 e. The van der Waals surface area contributed by atoms with Crippen molar-refractivity contribution in [3.8, 4) is 0 Å². The number of aliphatic hydroxyl groups excluding tert-OH is 1. The van der Waals surface area contributed by atoms with Crippen molar-refractivity contribution in [1.82, 2.24) is 0 Å². The zero-order valence-corrected chi connectivity index (χ0v) is 67.5. The predicted octanol–water partition coefficient (Wildman–Crippen LogP) is 24.1. The molecule has 0 fully saturated rings. The molecule has 0 aliphatic heterocycles. The number of esters is 4. The van der Waals surface area contributed by atoms with Crippen LogP contribution in [0.2, 0.25) is 0 Å². The standard InChI is InChI=1S/C81H158O17P2/c1-8-10-11-12-13-14-15-16-17-18-19-23-26-29-32-41-48-55-62-78(83)91-68-76(97-80(85)64-57-50-43-33-30-27-24-21-20-22-25-28-31-38-45-52-59-72(3)4)70-95-99(87,88)93-66-75(82)67-94-100(89,90)96-71-77(69-92-79(84)63-56-49-42-36-34-39-46-53-60-73(5)6)98-81(86)65-58-51-44-37-35-40-47-54-61-74(7)9-2/h72-77,82H,8-71H2,1-7H3,(H,87,88)(H,89,90)/t74?,75-,76-,77-/m1/s1. The number of phosphoric ester groups is 2. The first-order valence-electron chi connectivity index (χ1n) is 41.9. The van der Waals surface area contributed by atoms with Crippen LogP contribution in [0.4, 0.5) is 0 Å². The lowest BCUT2D eigenvalue weighted by molar-refractivity contribution is -0.161. The van der Waals surface area contributed by atoms with Gasteiger partial charge in [-0.25, -0.2) is 9.13 Å². The first kappa shape index (κ1) is 98.1. The van der Waals surface area contributed by atoms with E-state index in [9.17, 15) is 43.2 Å². The molecule has 594 valence electrons. The number of phosphoric acid groups is 2. The second-order valence-corrected chi connectivity index (χ2v) is 33.3. The first-order valence-corrected chi connectivity index (χ1v) is 44.9. The fourth-order valence-electron chi connectivity index (χ4n) is 12.5. The summed E-state index contributed by atoms with van der Waals surface area (Å²) in [6.45, 7) is 11.9. The summed E-state index contributed by atoms with van der Waals surface area (Å²) >= 11 is 0. The van der Waals surface area contributed by atoms with Gasteiger partial charge in [-0.2, -0.15) is 0 Å². The van der Waals surface area contributed by atoms with E-state index in [1.54, 1.807) is 0 Å². The average Bonchev–Trinajstić information content (AvgIpc) is 0.926. The van der Waals surface area contributed by atoms with Crippen LogP contribution in [0.15, 0.2) is 0 Å². The number of rotatable bonds is 79. The van der Waals surface area contributed by atoms with E-state index in [1.165, 1.54) is 231 Å². The number of carbonyl (C=O) groups excluding carboxylic acids is 4. The molecule has 0 aromatic heterocycles. The summed E-state index contributed by atoms with van der Waals surface area (Å²) < 4.78 is 68.7. The van der Waals surface area contributed by atoms with E-state index < -0.39 is 97.5 Å². The van der Waals surface area contributed by atoms with Gasteiger partial charge in [-0.3, -0.25) is 37.3 Å². The molecule has 0 rings (SSSR count). The summed E-state index contributed by atoms with van der Waals surface area (Å²) in [4.78, 5) is 73.0. The predicted molar refractivity (Wildman–Crippen MR) is 409 cm³/mol. The second-order valence-electron chi connectivity index (χ2n) is 30.4. The van der Waals surface area contributed by atoms with Crippen LogP contribution in [0.3, 0.4) is 0 Å². The molecule has 19 heteroatoms. The van der Waals surface area contributed by atoms with Crippen molar-refractivity contribution >= 4 is 39.5 Å². The van der Waals surface area contributed by atoms with Gasteiger partial charge in [0, 0.05) is 25.7 Å². The van der Waals surface area contributed by atoms with Crippen LogP contribution >= 0.6 is 15.6 Å². The van der Waals surface area contributed by atoms with Crippen molar-refractivity contribution in [2.24, 2.45) is 17.8 Å². The van der Waals surface area contributed by atoms with Crippen LogP contribution in [0.5, 0.6) is 0 Å². The maximum absolute atomic E-state index is 13.1. The van der Waals surface area contributed by atoms with E-state index in [2.05, 4.69) is 48.5 Å². The van der Waals surface area contributed by atoms with Crippen LogP contribution in [0.1, 0.15) is 421 Å². The Labute approximate surface area is 613 Å². The van der Waals surface area contributed by atoms with E-state index in [-0.39, 0.29) is 25.7 Å². The molecule has 100 heavy (non-hydrogen) atoms. The minimum absolute atomic E-state index is 0.104. The molecule has 0 aliphatic carbocycles. The van der Waals surface area contributed by atoms with E-state index in [1.807, 2.05) is 0 Å². The van der Waals surface area contributed by atoms with Crippen molar-refractivity contribution in [2.45, 2.75) is 439 Å². The lowest BCUT2D eigenvalue weighted by Gasteiger charge is -2.21. The van der Waals surface area contributed by atoms with Gasteiger partial charge in [0.25, 0.3) is 0 Å². The molecule has 3 N–H and O–H groups in total. The van der Waals surface area contributed by atoms with E-state index >= 15 is 0 Å². The molecule has 0 radical (unpaired) electrons. The summed E-state index contributed by atoms with van der Waals surface area (Å²) in [7, 11) is -9.92. The summed E-state index contributed by atoms with van der Waals surface area (Å²) in [6.07, 6.45) is 59.7. The summed E-state index contributed by atoms with van der Waals surface area (Å²) in [5, 5.41) is 10.6. The van der Waals surface area contributed by atoms with Gasteiger partial charge in [-0.15, -0.1) is 0 Å². The molecule has 0 spiro atoms. The highest BCUT2D eigenvalue weighted by molar-refractivity contribution is 7.47. The molecule has 17 nitrogen and oxygen atoms in total. The Morgan fingerprint density at radius 3 is 0.760 bits per heavy atom. The monoisotopic (exact) mass is 1470 g/mol. The zero-order chi connectivity index (χ0) is 73.7. The van der Waals surface area contributed by atoms with Crippen LogP contribution in [0, 0.1) is 17.8 Å². The fraction of sp³-hybridized carbons (Fsp3) is 0.951. The van der Waals surface area contributed by atoms with E-state index in [4.69, 9.17) is 37.0 Å². The molecule has 3 unspecified atom stereocenters. The fourth-order valence-corrected chi connectivity index (χ4v) is 14.0. The summed E-state index contributed by atoms with van der Waals surface area (Å²) in [5.41, 5.74) is 0. The van der Waals surface area contributed by atoms with E-state index in [0.29, 0.717) is 25.7 Å². The van der Waals surface area contributed by atoms with Gasteiger partial charge >= 0.3 is 39.5 Å². The lowest BCUT2D eigenvalue weighted by atomic mass is 9.99. The third kappa shape index (κ3) is 73.0. The highest BCUT2D eigenvalue weighted by Gasteiger charge is 2.30. The lowest BCUT2D eigenvalue weighted by Crippen LogP contribution is -2.30. The molecule has 0 amide bonds. The molecule has 6 atom stereocenters. The van der Waals surface area contributed by atoms with Crippen molar-refractivity contribution in [3.63, 3.8) is 0 Å². The normalized spacial score (nSPS) is 14.2. The molecular formula is C81H158O17P2. The smallest absolute Gasteiger partial charge is 0.462 e. The summed E-state index contributed by atoms with van der Waals surface area (Å²) in [5.74, 6) is 0.192. The molecule has 0 aromatic carbocycles. The number of unbranched alkanes of at least 4 members (excludes halogenated alkanes) is 46. The Hall–Kier alpha value is -1.94. The van der Waals surface area contributed by atoms with Crippen LogP contribution in [0.25, 0.3) is 0 Å². The number of aliphatic hydroxyl groups is 1. The number of hydrogen-bond donors (Lipinski definition) is 3. The molecule has 0 saturated heterocycles. The zero-order valence-electron chi connectivity index (χ0n) is 65.7. The minimum atomic E-state index is -4.96. The second kappa shape index (κ2) is 71.3. The molecule has 0 bridgehead atoms. The highest BCUT2D eigenvalue weighted by Crippen LogP contribution is 2.45. The minimum Gasteiger partial charge on any atom is -0.462 e. The number of hydrogen-bond acceptors (Lipinski definition) is 15. The Morgan fingerprint density at radius 1 is 0.290 bits per heavy atom. The topological polar surface area (TPSA) is 237 Å².